The molecule has 72 valence electrons. The second-order valence-electron chi connectivity index (χ2n) is 2.81. The predicted molar refractivity (Wildman–Crippen MR) is 52.7 cm³/mol. The number of hydrogen-bond acceptors (Lipinski definition) is 4. The smallest absolute Gasteiger partial charge is 0.125 e. The molecule has 0 aliphatic heterocycles. The zero-order chi connectivity index (χ0) is 9.64. The molecule has 0 saturated carbocycles. The first-order chi connectivity index (χ1) is 6.95. The molecule has 2 rings (SSSR count). The van der Waals surface area contributed by atoms with Gasteiger partial charge < -0.3 is 5.32 Å². The van der Waals surface area contributed by atoms with Gasteiger partial charge in [-0.25, -0.2) is 4.98 Å². The number of nitrogens with one attached hydrogen (secondary N) is 1. The van der Waals surface area contributed by atoms with Crippen molar-refractivity contribution in [3.63, 3.8) is 0 Å². The summed E-state index contributed by atoms with van der Waals surface area (Å²) in [4.78, 5) is 4.14. The molecule has 2 aromatic rings. The van der Waals surface area contributed by atoms with Gasteiger partial charge in [-0.1, -0.05) is 11.3 Å². The minimum absolute atomic E-state index is 0.788. The summed E-state index contributed by atoms with van der Waals surface area (Å²) in [5.41, 5.74) is 0. The normalized spacial score (nSPS) is 10.0. The van der Waals surface area contributed by atoms with Gasteiger partial charge in [0.15, 0.2) is 0 Å². The molecule has 5 nitrogen and oxygen atoms in total. The van der Waals surface area contributed by atoms with Crippen LogP contribution in [0.1, 0.15) is 0 Å². The van der Waals surface area contributed by atoms with E-state index >= 15 is 0 Å². The van der Waals surface area contributed by atoms with Crippen LogP contribution in [0.2, 0.25) is 0 Å². The Kier molecular flexibility index (Phi) is 2.70. The Morgan fingerprint density at radius 2 is 2.29 bits per heavy atom. The van der Waals surface area contributed by atoms with Gasteiger partial charge in [-0.2, -0.15) is 0 Å². The Hall–Kier alpha value is -1.91. The Labute approximate surface area is 81.8 Å². The van der Waals surface area contributed by atoms with Gasteiger partial charge in [0.05, 0.1) is 12.7 Å². The third kappa shape index (κ3) is 2.29. The lowest BCUT2D eigenvalue weighted by atomic mass is 10.4. The second-order valence-corrected chi connectivity index (χ2v) is 2.81. The van der Waals surface area contributed by atoms with Gasteiger partial charge in [-0.15, -0.1) is 5.10 Å². The van der Waals surface area contributed by atoms with E-state index in [4.69, 9.17) is 0 Å². The van der Waals surface area contributed by atoms with E-state index < -0.39 is 0 Å². The molecule has 0 saturated heterocycles. The molecule has 0 bridgehead atoms. The van der Waals surface area contributed by atoms with Crippen LogP contribution in [0.25, 0.3) is 0 Å². The molecule has 0 spiro atoms. The number of aromatic nitrogens is 4. The zero-order valence-electron chi connectivity index (χ0n) is 7.67. The molecule has 0 atom stereocenters. The van der Waals surface area contributed by atoms with Gasteiger partial charge in [-0.3, -0.25) is 4.68 Å². The molecule has 2 aromatic heterocycles. The molecule has 1 N–H and O–H groups in total. The Bertz CT molecular complexity index is 356. The van der Waals surface area contributed by atoms with E-state index in [9.17, 15) is 0 Å². The molecule has 0 amide bonds. The van der Waals surface area contributed by atoms with E-state index in [0.717, 1.165) is 18.9 Å². The van der Waals surface area contributed by atoms with Crippen LogP contribution in [0.15, 0.2) is 36.8 Å². The van der Waals surface area contributed by atoms with Crippen molar-refractivity contribution in [2.75, 3.05) is 11.9 Å². The lowest BCUT2D eigenvalue weighted by molar-refractivity contribution is 0.608. The predicted octanol–water partition coefficient (Wildman–Crippen LogP) is 0.785. The van der Waals surface area contributed by atoms with Crippen molar-refractivity contribution < 1.29 is 0 Å². The van der Waals surface area contributed by atoms with Crippen molar-refractivity contribution in [1.29, 1.82) is 0 Å². The SMILES string of the molecule is c1ccc(NCCn2ccnn2)nc1. The third-order valence-electron chi connectivity index (χ3n) is 1.78. The molecular weight excluding hydrogens is 178 g/mol. The maximum Gasteiger partial charge on any atom is 0.125 e. The summed E-state index contributed by atoms with van der Waals surface area (Å²) in [5, 5.41) is 10.8. The topological polar surface area (TPSA) is 55.6 Å². The molecule has 0 aromatic carbocycles. The average Bonchev–Trinajstić information content (AvgIpc) is 2.72. The number of nitrogens with zero attached hydrogens (tertiary/aromatic N) is 4. The maximum atomic E-state index is 4.14. The molecule has 2 heterocycles. The standard InChI is InChI=1S/C9H11N5/c1-2-4-10-9(3-1)11-5-7-14-8-6-12-13-14/h1-4,6,8H,5,7H2,(H,10,11). The zero-order valence-corrected chi connectivity index (χ0v) is 7.67. The van der Waals surface area contributed by atoms with Crippen molar-refractivity contribution in [1.82, 2.24) is 20.0 Å². The van der Waals surface area contributed by atoms with E-state index in [1.807, 2.05) is 24.4 Å². The minimum Gasteiger partial charge on any atom is -0.368 e. The van der Waals surface area contributed by atoms with E-state index in [2.05, 4.69) is 20.6 Å². The summed E-state index contributed by atoms with van der Waals surface area (Å²) >= 11 is 0. The first kappa shape index (κ1) is 8.68. The highest BCUT2D eigenvalue weighted by atomic mass is 15.4. The van der Waals surface area contributed by atoms with Gasteiger partial charge in [0.1, 0.15) is 5.82 Å². The Morgan fingerprint density at radius 3 is 3.00 bits per heavy atom. The number of pyridine rings is 1. The van der Waals surface area contributed by atoms with Gasteiger partial charge in [0, 0.05) is 18.9 Å². The summed E-state index contributed by atoms with van der Waals surface area (Å²) < 4.78 is 1.77. The van der Waals surface area contributed by atoms with Gasteiger partial charge in [-0.05, 0) is 12.1 Å². The van der Waals surface area contributed by atoms with Crippen molar-refractivity contribution in [2.24, 2.45) is 0 Å². The van der Waals surface area contributed by atoms with Gasteiger partial charge in [0.2, 0.25) is 0 Å². The Morgan fingerprint density at radius 1 is 1.29 bits per heavy atom. The summed E-state index contributed by atoms with van der Waals surface area (Å²) in [7, 11) is 0. The number of anilines is 1. The monoisotopic (exact) mass is 189 g/mol. The molecule has 14 heavy (non-hydrogen) atoms. The van der Waals surface area contributed by atoms with Crippen LogP contribution in [0.3, 0.4) is 0 Å². The number of hydrogen-bond donors (Lipinski definition) is 1. The van der Waals surface area contributed by atoms with Crippen molar-refractivity contribution >= 4 is 5.82 Å². The quantitative estimate of drug-likeness (QED) is 0.772. The van der Waals surface area contributed by atoms with Crippen molar-refractivity contribution in [3.05, 3.63) is 36.8 Å². The van der Waals surface area contributed by atoms with Crippen LogP contribution < -0.4 is 5.32 Å². The van der Waals surface area contributed by atoms with Gasteiger partial charge >= 0.3 is 0 Å². The van der Waals surface area contributed by atoms with Gasteiger partial charge in [0.25, 0.3) is 0 Å². The molecular formula is C9H11N5. The van der Waals surface area contributed by atoms with Crippen molar-refractivity contribution in [2.45, 2.75) is 6.54 Å². The van der Waals surface area contributed by atoms with Crippen LogP contribution in [0, 0.1) is 0 Å². The fourth-order valence-electron chi connectivity index (χ4n) is 1.12. The van der Waals surface area contributed by atoms with Crippen LogP contribution in [-0.4, -0.2) is 26.5 Å². The maximum absolute atomic E-state index is 4.14. The fraction of sp³-hybridized carbons (Fsp3) is 0.222. The summed E-state index contributed by atoms with van der Waals surface area (Å²) in [6.45, 7) is 1.58. The first-order valence-electron chi connectivity index (χ1n) is 4.44. The first-order valence-corrected chi connectivity index (χ1v) is 4.44. The summed E-state index contributed by atoms with van der Waals surface area (Å²) in [6, 6.07) is 5.77. The van der Waals surface area contributed by atoms with Crippen LogP contribution in [0.4, 0.5) is 5.82 Å². The van der Waals surface area contributed by atoms with Crippen LogP contribution in [-0.2, 0) is 6.54 Å². The average molecular weight is 189 g/mol. The molecule has 0 radical (unpaired) electrons. The van der Waals surface area contributed by atoms with E-state index in [-0.39, 0.29) is 0 Å². The van der Waals surface area contributed by atoms with E-state index in [0.29, 0.717) is 0 Å². The molecule has 0 aliphatic rings. The lowest BCUT2D eigenvalue weighted by Crippen LogP contribution is -2.11. The summed E-state index contributed by atoms with van der Waals surface area (Å²) in [5.74, 6) is 0.882. The summed E-state index contributed by atoms with van der Waals surface area (Å²) in [6.07, 6.45) is 5.26. The highest BCUT2D eigenvalue weighted by Gasteiger charge is 1.92. The Balaban J connectivity index is 1.79. The molecule has 0 aliphatic carbocycles. The largest absolute Gasteiger partial charge is 0.368 e. The highest BCUT2D eigenvalue weighted by Crippen LogP contribution is 1.98. The van der Waals surface area contributed by atoms with Crippen LogP contribution in [0.5, 0.6) is 0 Å². The molecule has 0 unspecified atom stereocenters. The number of rotatable bonds is 4. The third-order valence-corrected chi connectivity index (χ3v) is 1.78. The van der Waals surface area contributed by atoms with Crippen LogP contribution >= 0.6 is 0 Å². The fourth-order valence-corrected chi connectivity index (χ4v) is 1.12. The van der Waals surface area contributed by atoms with E-state index in [1.165, 1.54) is 0 Å². The molecule has 5 heteroatoms. The lowest BCUT2D eigenvalue weighted by Gasteiger charge is -2.03. The van der Waals surface area contributed by atoms with Crippen molar-refractivity contribution in [3.8, 4) is 0 Å². The molecule has 0 fully saturated rings. The second kappa shape index (κ2) is 4.36. The minimum atomic E-state index is 0.788. The highest BCUT2D eigenvalue weighted by molar-refractivity contribution is 5.32. The van der Waals surface area contributed by atoms with E-state index in [1.54, 1.807) is 17.1 Å².